The van der Waals surface area contributed by atoms with Gasteiger partial charge in [0.25, 0.3) is 5.91 Å². The van der Waals surface area contributed by atoms with Gasteiger partial charge in [0.15, 0.2) is 0 Å². The Kier molecular flexibility index (Phi) is 6.36. The second kappa shape index (κ2) is 6.73. The topological polar surface area (TPSA) is 38.3 Å². The molecule has 0 spiro atoms. The monoisotopic (exact) mass is 263 g/mol. The third-order valence-electron chi connectivity index (χ3n) is 1.95. The number of ether oxygens (including phenoxy) is 1. The molecule has 0 heterocycles. The molecule has 0 rings (SSSR count). The maximum atomic E-state index is 12.4. The predicted molar refractivity (Wildman–Crippen MR) is 49.7 cm³/mol. The zero-order valence-corrected chi connectivity index (χ0v) is 9.24. The number of rotatable bonds is 7. The standard InChI is InChI=1S/C9H14F5NO2/c1-17-6-4-2-3-5-15-7(16)8(10,11)9(12,13)14/h2-6H2,1H3,(H,15,16). The van der Waals surface area contributed by atoms with Crippen LogP contribution < -0.4 is 5.32 Å². The predicted octanol–water partition coefficient (Wildman–Crippen LogP) is 2.12. The van der Waals surface area contributed by atoms with Crippen LogP contribution in [0.3, 0.4) is 0 Å². The number of halogens is 5. The van der Waals surface area contributed by atoms with Crippen LogP contribution in [0, 0.1) is 0 Å². The molecule has 0 aliphatic carbocycles. The van der Waals surface area contributed by atoms with E-state index in [1.54, 1.807) is 5.32 Å². The lowest BCUT2D eigenvalue weighted by molar-refractivity contribution is -0.269. The van der Waals surface area contributed by atoms with Crippen molar-refractivity contribution in [2.75, 3.05) is 20.3 Å². The molecule has 0 aromatic heterocycles. The Morgan fingerprint density at radius 3 is 2.18 bits per heavy atom. The van der Waals surface area contributed by atoms with E-state index in [4.69, 9.17) is 4.74 Å². The molecule has 0 fully saturated rings. The van der Waals surface area contributed by atoms with Gasteiger partial charge in [-0.05, 0) is 19.3 Å². The quantitative estimate of drug-likeness (QED) is 0.564. The number of carbonyl (C=O) groups excluding carboxylic acids is 1. The van der Waals surface area contributed by atoms with Gasteiger partial charge < -0.3 is 10.1 Å². The van der Waals surface area contributed by atoms with Crippen LogP contribution in [0.2, 0.25) is 0 Å². The van der Waals surface area contributed by atoms with Gasteiger partial charge in [-0.2, -0.15) is 22.0 Å². The third-order valence-corrected chi connectivity index (χ3v) is 1.95. The molecule has 0 aromatic carbocycles. The zero-order chi connectivity index (χ0) is 13.5. The van der Waals surface area contributed by atoms with E-state index in [1.165, 1.54) is 7.11 Å². The van der Waals surface area contributed by atoms with E-state index in [-0.39, 0.29) is 6.54 Å². The molecule has 0 saturated heterocycles. The normalized spacial score (nSPS) is 12.6. The molecule has 0 aliphatic rings. The van der Waals surface area contributed by atoms with Crippen molar-refractivity contribution in [3.05, 3.63) is 0 Å². The van der Waals surface area contributed by atoms with Gasteiger partial charge in [-0.3, -0.25) is 4.79 Å². The Balaban J connectivity index is 3.87. The first-order valence-corrected chi connectivity index (χ1v) is 4.95. The second-order valence-corrected chi connectivity index (χ2v) is 3.38. The molecule has 8 heteroatoms. The van der Waals surface area contributed by atoms with E-state index in [2.05, 4.69) is 0 Å². The number of unbranched alkanes of at least 4 members (excludes halogenated alkanes) is 2. The fraction of sp³-hybridized carbons (Fsp3) is 0.889. The summed E-state index contributed by atoms with van der Waals surface area (Å²) < 4.78 is 64.7. The number of amides is 1. The third kappa shape index (κ3) is 5.29. The Bertz CT molecular complexity index is 242. The van der Waals surface area contributed by atoms with Gasteiger partial charge >= 0.3 is 12.1 Å². The fourth-order valence-electron chi connectivity index (χ4n) is 0.990. The largest absolute Gasteiger partial charge is 0.463 e. The highest BCUT2D eigenvalue weighted by Crippen LogP contribution is 2.35. The van der Waals surface area contributed by atoms with E-state index in [1.807, 2.05) is 0 Å². The first-order valence-electron chi connectivity index (χ1n) is 4.95. The van der Waals surface area contributed by atoms with Gasteiger partial charge in [0, 0.05) is 20.3 Å². The van der Waals surface area contributed by atoms with Gasteiger partial charge in [0.1, 0.15) is 0 Å². The van der Waals surface area contributed by atoms with Crippen LogP contribution in [-0.2, 0) is 9.53 Å². The lowest BCUT2D eigenvalue weighted by Gasteiger charge is -2.18. The highest BCUT2D eigenvalue weighted by molar-refractivity contribution is 5.84. The Labute approximate surface area is 95.3 Å². The van der Waals surface area contributed by atoms with E-state index >= 15 is 0 Å². The van der Waals surface area contributed by atoms with Crippen LogP contribution in [0.1, 0.15) is 19.3 Å². The average Bonchev–Trinajstić information content (AvgIpc) is 2.21. The van der Waals surface area contributed by atoms with Gasteiger partial charge in [-0.15, -0.1) is 0 Å². The lowest BCUT2D eigenvalue weighted by atomic mass is 10.2. The van der Waals surface area contributed by atoms with Crippen molar-refractivity contribution < 1.29 is 31.5 Å². The minimum absolute atomic E-state index is 0.214. The molecule has 0 radical (unpaired) electrons. The van der Waals surface area contributed by atoms with E-state index in [0.29, 0.717) is 25.9 Å². The Morgan fingerprint density at radius 2 is 1.71 bits per heavy atom. The van der Waals surface area contributed by atoms with Crippen molar-refractivity contribution in [3.8, 4) is 0 Å². The van der Waals surface area contributed by atoms with Crippen LogP contribution in [0.4, 0.5) is 22.0 Å². The molecule has 0 aliphatic heterocycles. The molecule has 0 unspecified atom stereocenters. The van der Waals surface area contributed by atoms with Crippen LogP contribution >= 0.6 is 0 Å². The summed E-state index contributed by atoms with van der Waals surface area (Å²) in [6, 6.07) is 0. The van der Waals surface area contributed by atoms with E-state index in [0.717, 1.165) is 0 Å². The molecule has 0 atom stereocenters. The molecule has 0 bridgehead atoms. The van der Waals surface area contributed by atoms with Crippen molar-refractivity contribution in [1.29, 1.82) is 0 Å². The number of alkyl halides is 5. The summed E-state index contributed by atoms with van der Waals surface area (Å²) in [5.74, 6) is -7.64. The number of nitrogens with one attached hydrogen (secondary N) is 1. The molecular formula is C9H14F5NO2. The summed E-state index contributed by atoms with van der Waals surface area (Å²) in [7, 11) is 1.49. The SMILES string of the molecule is COCCCCCNC(=O)C(F)(F)C(F)(F)F. The zero-order valence-electron chi connectivity index (χ0n) is 9.24. The maximum Gasteiger partial charge on any atom is 0.463 e. The van der Waals surface area contributed by atoms with Crippen molar-refractivity contribution in [2.45, 2.75) is 31.4 Å². The molecule has 1 N–H and O–H groups in total. The van der Waals surface area contributed by atoms with Gasteiger partial charge in [0.05, 0.1) is 0 Å². The Hall–Kier alpha value is -0.920. The first kappa shape index (κ1) is 16.1. The van der Waals surface area contributed by atoms with Crippen LogP contribution in [0.15, 0.2) is 0 Å². The van der Waals surface area contributed by atoms with Crippen molar-refractivity contribution in [2.24, 2.45) is 0 Å². The van der Waals surface area contributed by atoms with E-state index in [9.17, 15) is 26.7 Å². The van der Waals surface area contributed by atoms with Crippen molar-refractivity contribution in [3.63, 3.8) is 0 Å². The summed E-state index contributed by atoms with van der Waals surface area (Å²) in [6.07, 6.45) is -4.30. The van der Waals surface area contributed by atoms with Gasteiger partial charge in [-0.25, -0.2) is 0 Å². The molecular weight excluding hydrogens is 249 g/mol. The van der Waals surface area contributed by atoms with Crippen molar-refractivity contribution in [1.82, 2.24) is 5.32 Å². The average molecular weight is 263 g/mol. The number of hydrogen-bond donors (Lipinski definition) is 1. The number of carbonyl (C=O) groups is 1. The molecule has 3 nitrogen and oxygen atoms in total. The maximum absolute atomic E-state index is 12.4. The summed E-state index contributed by atoms with van der Waals surface area (Å²) >= 11 is 0. The second-order valence-electron chi connectivity index (χ2n) is 3.38. The summed E-state index contributed by atoms with van der Waals surface area (Å²) in [4.78, 5) is 10.6. The molecule has 17 heavy (non-hydrogen) atoms. The molecule has 0 aromatic rings. The smallest absolute Gasteiger partial charge is 0.385 e. The summed E-state index contributed by atoms with van der Waals surface area (Å²) in [5, 5.41) is 1.56. The number of methoxy groups -OCH3 is 1. The minimum Gasteiger partial charge on any atom is -0.385 e. The summed E-state index contributed by atoms with van der Waals surface area (Å²) in [6.45, 7) is 0.265. The Morgan fingerprint density at radius 1 is 1.12 bits per heavy atom. The van der Waals surface area contributed by atoms with Crippen LogP contribution in [-0.4, -0.2) is 38.3 Å². The molecule has 0 saturated carbocycles. The highest BCUT2D eigenvalue weighted by Gasteiger charge is 2.63. The van der Waals surface area contributed by atoms with Gasteiger partial charge in [0.2, 0.25) is 0 Å². The summed E-state index contributed by atoms with van der Waals surface area (Å²) in [5.41, 5.74) is 0. The minimum atomic E-state index is -5.85. The lowest BCUT2D eigenvalue weighted by Crippen LogP contribution is -2.50. The molecule has 102 valence electrons. The molecule has 1 amide bonds. The highest BCUT2D eigenvalue weighted by atomic mass is 19.4. The van der Waals surface area contributed by atoms with Crippen LogP contribution in [0.5, 0.6) is 0 Å². The van der Waals surface area contributed by atoms with Crippen LogP contribution in [0.25, 0.3) is 0 Å². The number of hydrogen-bond acceptors (Lipinski definition) is 2. The van der Waals surface area contributed by atoms with Crippen molar-refractivity contribution >= 4 is 5.91 Å². The van der Waals surface area contributed by atoms with Gasteiger partial charge in [-0.1, -0.05) is 0 Å². The first-order chi connectivity index (χ1) is 7.73. The fourth-order valence-corrected chi connectivity index (χ4v) is 0.990. The van der Waals surface area contributed by atoms with E-state index < -0.39 is 18.0 Å².